The SMILES string of the molecule is CCNCCOC1CC(CN2CCC(C(C)C)CC2)C1. The summed E-state index contributed by atoms with van der Waals surface area (Å²) in [5, 5.41) is 3.31. The van der Waals surface area contributed by atoms with Crippen LogP contribution in [0.1, 0.15) is 46.5 Å². The van der Waals surface area contributed by atoms with Crippen molar-refractivity contribution in [2.45, 2.75) is 52.6 Å². The highest BCUT2D eigenvalue weighted by atomic mass is 16.5. The molecule has 0 aromatic heterocycles. The number of hydrogen-bond donors (Lipinski definition) is 1. The first-order valence-corrected chi connectivity index (χ1v) is 8.73. The maximum Gasteiger partial charge on any atom is 0.0594 e. The minimum Gasteiger partial charge on any atom is -0.377 e. The molecule has 1 saturated heterocycles. The zero-order valence-corrected chi connectivity index (χ0v) is 13.7. The summed E-state index contributed by atoms with van der Waals surface area (Å²) < 4.78 is 5.87. The lowest BCUT2D eigenvalue weighted by molar-refractivity contribution is -0.0399. The average molecular weight is 282 g/mol. The van der Waals surface area contributed by atoms with Gasteiger partial charge in [-0.1, -0.05) is 20.8 Å². The third-order valence-corrected chi connectivity index (χ3v) is 5.17. The second kappa shape index (κ2) is 8.35. The summed E-state index contributed by atoms with van der Waals surface area (Å²) in [6.45, 7) is 13.8. The fraction of sp³-hybridized carbons (Fsp3) is 1.00. The molecule has 0 bridgehead atoms. The van der Waals surface area contributed by atoms with E-state index in [4.69, 9.17) is 4.74 Å². The highest BCUT2D eigenvalue weighted by Crippen LogP contribution is 2.32. The summed E-state index contributed by atoms with van der Waals surface area (Å²) in [6.07, 6.45) is 5.94. The zero-order valence-electron chi connectivity index (χ0n) is 13.7. The molecule has 2 rings (SSSR count). The van der Waals surface area contributed by atoms with Crippen molar-refractivity contribution in [3.05, 3.63) is 0 Å². The molecule has 0 radical (unpaired) electrons. The third-order valence-electron chi connectivity index (χ3n) is 5.17. The van der Waals surface area contributed by atoms with Crippen molar-refractivity contribution < 1.29 is 4.74 Å². The normalized spacial score (nSPS) is 28.8. The number of nitrogens with zero attached hydrogens (tertiary/aromatic N) is 1. The van der Waals surface area contributed by atoms with Crippen LogP contribution in [0.2, 0.25) is 0 Å². The lowest BCUT2D eigenvalue weighted by Crippen LogP contribution is -2.43. The number of rotatable bonds is 8. The van der Waals surface area contributed by atoms with Gasteiger partial charge in [0, 0.05) is 13.1 Å². The fourth-order valence-corrected chi connectivity index (χ4v) is 3.60. The summed E-state index contributed by atoms with van der Waals surface area (Å²) in [7, 11) is 0. The molecular weight excluding hydrogens is 248 g/mol. The second-order valence-electron chi connectivity index (χ2n) is 7.07. The monoisotopic (exact) mass is 282 g/mol. The fourth-order valence-electron chi connectivity index (χ4n) is 3.60. The number of ether oxygens (including phenoxy) is 1. The second-order valence-corrected chi connectivity index (χ2v) is 7.07. The van der Waals surface area contributed by atoms with Gasteiger partial charge in [0.15, 0.2) is 0 Å². The standard InChI is InChI=1S/C17H34N2O/c1-4-18-7-10-20-17-11-15(12-17)13-19-8-5-16(6-9-19)14(2)3/h14-18H,4-13H2,1-3H3. The van der Waals surface area contributed by atoms with E-state index in [0.29, 0.717) is 6.10 Å². The van der Waals surface area contributed by atoms with Gasteiger partial charge in [0.05, 0.1) is 12.7 Å². The van der Waals surface area contributed by atoms with Crippen molar-refractivity contribution in [1.82, 2.24) is 10.2 Å². The number of nitrogens with one attached hydrogen (secondary N) is 1. The topological polar surface area (TPSA) is 24.5 Å². The predicted octanol–water partition coefficient (Wildman–Crippen LogP) is 2.76. The first kappa shape index (κ1) is 16.3. The van der Waals surface area contributed by atoms with Crippen LogP contribution in [0.25, 0.3) is 0 Å². The van der Waals surface area contributed by atoms with E-state index in [-0.39, 0.29) is 0 Å². The van der Waals surface area contributed by atoms with E-state index < -0.39 is 0 Å². The molecule has 20 heavy (non-hydrogen) atoms. The number of likely N-dealkylation sites (N-methyl/N-ethyl adjacent to an activating group) is 1. The number of likely N-dealkylation sites (tertiary alicyclic amines) is 1. The van der Waals surface area contributed by atoms with Crippen LogP contribution < -0.4 is 5.32 Å². The summed E-state index contributed by atoms with van der Waals surface area (Å²) in [5.41, 5.74) is 0. The summed E-state index contributed by atoms with van der Waals surface area (Å²) in [6, 6.07) is 0. The van der Waals surface area contributed by atoms with E-state index in [2.05, 4.69) is 31.0 Å². The van der Waals surface area contributed by atoms with E-state index in [1.165, 1.54) is 45.3 Å². The third kappa shape index (κ3) is 5.01. The van der Waals surface area contributed by atoms with Crippen molar-refractivity contribution in [2.24, 2.45) is 17.8 Å². The van der Waals surface area contributed by atoms with Crippen LogP contribution >= 0.6 is 0 Å². The Labute approximate surface area is 125 Å². The lowest BCUT2D eigenvalue weighted by atomic mass is 9.80. The van der Waals surface area contributed by atoms with Gasteiger partial charge in [-0.15, -0.1) is 0 Å². The average Bonchev–Trinajstić information content (AvgIpc) is 2.40. The zero-order chi connectivity index (χ0) is 14.4. The summed E-state index contributed by atoms with van der Waals surface area (Å²) >= 11 is 0. The van der Waals surface area contributed by atoms with Crippen LogP contribution in [0.3, 0.4) is 0 Å². The molecule has 1 aliphatic carbocycles. The summed E-state index contributed by atoms with van der Waals surface area (Å²) in [5.74, 6) is 2.74. The highest BCUT2D eigenvalue weighted by molar-refractivity contribution is 4.84. The number of hydrogen-bond acceptors (Lipinski definition) is 3. The Hall–Kier alpha value is -0.120. The van der Waals surface area contributed by atoms with Gasteiger partial charge in [0.2, 0.25) is 0 Å². The van der Waals surface area contributed by atoms with Gasteiger partial charge in [-0.25, -0.2) is 0 Å². The first-order chi connectivity index (χ1) is 9.69. The van der Waals surface area contributed by atoms with E-state index in [0.717, 1.165) is 37.5 Å². The quantitative estimate of drug-likeness (QED) is 0.693. The van der Waals surface area contributed by atoms with Crippen LogP contribution in [-0.2, 0) is 4.74 Å². The molecular formula is C17H34N2O. The Morgan fingerprint density at radius 1 is 1.20 bits per heavy atom. The van der Waals surface area contributed by atoms with Gasteiger partial charge in [-0.2, -0.15) is 0 Å². The maximum absolute atomic E-state index is 5.87. The molecule has 2 fully saturated rings. The van der Waals surface area contributed by atoms with Gasteiger partial charge in [-0.05, 0) is 63.1 Å². The molecule has 0 unspecified atom stereocenters. The largest absolute Gasteiger partial charge is 0.377 e. The molecule has 1 saturated carbocycles. The minimum atomic E-state index is 0.548. The lowest BCUT2D eigenvalue weighted by Gasteiger charge is -2.41. The Balaban J connectivity index is 1.50. The predicted molar refractivity (Wildman–Crippen MR) is 85.0 cm³/mol. The molecule has 3 nitrogen and oxygen atoms in total. The molecule has 0 amide bonds. The molecule has 2 aliphatic rings. The molecule has 0 aromatic rings. The van der Waals surface area contributed by atoms with E-state index in [1.54, 1.807) is 0 Å². The van der Waals surface area contributed by atoms with Gasteiger partial charge in [0.25, 0.3) is 0 Å². The van der Waals surface area contributed by atoms with Crippen LogP contribution in [0.15, 0.2) is 0 Å². The van der Waals surface area contributed by atoms with Crippen LogP contribution in [-0.4, -0.2) is 50.3 Å². The molecule has 3 heteroatoms. The van der Waals surface area contributed by atoms with Gasteiger partial charge >= 0.3 is 0 Å². The molecule has 1 N–H and O–H groups in total. The van der Waals surface area contributed by atoms with Crippen molar-refractivity contribution in [3.63, 3.8) is 0 Å². The van der Waals surface area contributed by atoms with E-state index >= 15 is 0 Å². The Morgan fingerprint density at radius 3 is 2.50 bits per heavy atom. The van der Waals surface area contributed by atoms with Crippen LogP contribution in [0.5, 0.6) is 0 Å². The van der Waals surface area contributed by atoms with Crippen molar-refractivity contribution >= 4 is 0 Å². The Bertz CT molecular complexity index is 256. The van der Waals surface area contributed by atoms with E-state index in [1.807, 2.05) is 0 Å². The van der Waals surface area contributed by atoms with Crippen molar-refractivity contribution in [3.8, 4) is 0 Å². The van der Waals surface area contributed by atoms with Gasteiger partial charge < -0.3 is 15.0 Å². The van der Waals surface area contributed by atoms with Crippen molar-refractivity contribution in [1.29, 1.82) is 0 Å². The summed E-state index contributed by atoms with van der Waals surface area (Å²) in [4.78, 5) is 2.69. The molecule has 1 heterocycles. The van der Waals surface area contributed by atoms with Crippen molar-refractivity contribution in [2.75, 3.05) is 39.3 Å². The Kier molecular flexibility index (Phi) is 6.79. The first-order valence-electron chi connectivity index (χ1n) is 8.73. The minimum absolute atomic E-state index is 0.548. The molecule has 0 spiro atoms. The van der Waals surface area contributed by atoms with Gasteiger partial charge in [0.1, 0.15) is 0 Å². The van der Waals surface area contributed by atoms with Gasteiger partial charge in [-0.3, -0.25) is 0 Å². The van der Waals surface area contributed by atoms with Crippen LogP contribution in [0.4, 0.5) is 0 Å². The molecule has 118 valence electrons. The molecule has 1 aliphatic heterocycles. The number of piperidine rings is 1. The molecule has 0 aromatic carbocycles. The highest BCUT2D eigenvalue weighted by Gasteiger charge is 2.32. The van der Waals surface area contributed by atoms with E-state index in [9.17, 15) is 0 Å². The maximum atomic E-state index is 5.87. The van der Waals surface area contributed by atoms with Crippen LogP contribution in [0, 0.1) is 17.8 Å². The molecule has 0 atom stereocenters. The smallest absolute Gasteiger partial charge is 0.0594 e. The Morgan fingerprint density at radius 2 is 1.90 bits per heavy atom.